The van der Waals surface area contributed by atoms with Gasteiger partial charge in [-0.15, -0.1) is 0 Å². The predicted octanol–water partition coefficient (Wildman–Crippen LogP) is 3.98. The van der Waals surface area contributed by atoms with Crippen LogP contribution in [0, 0.1) is 0 Å². The lowest BCUT2D eigenvalue weighted by molar-refractivity contribution is -0.137. The minimum Gasteiger partial charge on any atom is -0.464 e. The molecule has 112 valence electrons. The van der Waals surface area contributed by atoms with Gasteiger partial charge in [0, 0.05) is 18.3 Å². The molecule has 1 aromatic carbocycles. The molecule has 0 radical (unpaired) electrons. The Bertz CT molecular complexity index is 659. The van der Waals surface area contributed by atoms with Crippen LogP contribution in [0.25, 0.3) is 11.1 Å². The number of ether oxygens (including phenoxy) is 1. The first-order chi connectivity index (χ1) is 9.88. The molecule has 0 spiro atoms. The second kappa shape index (κ2) is 5.63. The smallest absolute Gasteiger partial charge is 0.416 e. The molecule has 6 heteroatoms. The van der Waals surface area contributed by atoms with Crippen LogP contribution in [0.3, 0.4) is 0 Å². The number of rotatable bonds is 3. The predicted molar refractivity (Wildman–Crippen MR) is 71.9 cm³/mol. The average Bonchev–Trinajstić information content (AvgIpc) is 2.89. The molecule has 0 unspecified atom stereocenters. The maximum Gasteiger partial charge on any atom is 0.416 e. The van der Waals surface area contributed by atoms with Gasteiger partial charge in [0.25, 0.3) is 0 Å². The quantitative estimate of drug-likeness (QED) is 0.802. The number of benzene rings is 1. The standard InChI is InChI=1S/C15H14F3NO2/c1-3-19-8-7-12(13(19)14(20)21-2)10-5-4-6-11(9-10)15(16,17)18/h4-9H,3H2,1-2H3. The van der Waals surface area contributed by atoms with Crippen molar-refractivity contribution in [3.05, 3.63) is 47.8 Å². The van der Waals surface area contributed by atoms with E-state index in [9.17, 15) is 18.0 Å². The minimum absolute atomic E-state index is 0.249. The summed E-state index contributed by atoms with van der Waals surface area (Å²) in [6.45, 7) is 2.35. The Balaban J connectivity index is 2.57. The Morgan fingerprint density at radius 3 is 2.57 bits per heavy atom. The number of alkyl halides is 3. The lowest BCUT2D eigenvalue weighted by Crippen LogP contribution is -2.10. The molecule has 0 bridgehead atoms. The maximum absolute atomic E-state index is 12.8. The highest BCUT2D eigenvalue weighted by Crippen LogP contribution is 2.33. The molecule has 1 aromatic heterocycles. The van der Waals surface area contributed by atoms with Gasteiger partial charge in [0.05, 0.1) is 12.7 Å². The Kier molecular flexibility index (Phi) is 4.06. The van der Waals surface area contributed by atoms with Gasteiger partial charge >= 0.3 is 12.1 Å². The first kappa shape index (κ1) is 15.2. The molecule has 0 amide bonds. The van der Waals surface area contributed by atoms with Gasteiger partial charge in [0.15, 0.2) is 0 Å². The van der Waals surface area contributed by atoms with Gasteiger partial charge in [0.2, 0.25) is 0 Å². The summed E-state index contributed by atoms with van der Waals surface area (Å²) in [5.74, 6) is -0.575. The number of methoxy groups -OCH3 is 1. The molecule has 1 heterocycles. The van der Waals surface area contributed by atoms with Crippen LogP contribution >= 0.6 is 0 Å². The fourth-order valence-corrected chi connectivity index (χ4v) is 2.16. The van der Waals surface area contributed by atoms with Crippen LogP contribution in [0.15, 0.2) is 36.5 Å². The zero-order chi connectivity index (χ0) is 15.6. The molecule has 0 fully saturated rings. The summed E-state index contributed by atoms with van der Waals surface area (Å²) in [5, 5.41) is 0. The highest BCUT2D eigenvalue weighted by Gasteiger charge is 2.31. The highest BCUT2D eigenvalue weighted by atomic mass is 19.4. The van der Waals surface area contributed by atoms with Crippen LogP contribution in [0.1, 0.15) is 23.0 Å². The third-order valence-electron chi connectivity index (χ3n) is 3.18. The van der Waals surface area contributed by atoms with Crippen LogP contribution in [0.4, 0.5) is 13.2 Å². The molecule has 0 saturated heterocycles. The summed E-state index contributed by atoms with van der Waals surface area (Å²) in [6.07, 6.45) is -2.77. The van der Waals surface area contributed by atoms with Gasteiger partial charge in [0.1, 0.15) is 5.69 Å². The van der Waals surface area contributed by atoms with Crippen LogP contribution in [0.2, 0.25) is 0 Å². The van der Waals surface area contributed by atoms with Crippen molar-refractivity contribution in [2.24, 2.45) is 0 Å². The molecule has 3 nitrogen and oxygen atoms in total. The number of esters is 1. The van der Waals surface area contributed by atoms with Crippen molar-refractivity contribution < 1.29 is 22.7 Å². The molecular formula is C15H14F3NO2. The molecule has 0 aliphatic rings. The third kappa shape index (κ3) is 2.94. The fourth-order valence-electron chi connectivity index (χ4n) is 2.16. The molecule has 21 heavy (non-hydrogen) atoms. The van der Waals surface area contributed by atoms with E-state index in [1.807, 2.05) is 6.92 Å². The summed E-state index contributed by atoms with van der Waals surface area (Å²) in [6, 6.07) is 6.50. The Morgan fingerprint density at radius 2 is 2.00 bits per heavy atom. The molecule has 0 saturated carbocycles. The number of halogens is 3. The van der Waals surface area contributed by atoms with Crippen LogP contribution in [-0.2, 0) is 17.5 Å². The van der Waals surface area contributed by atoms with Crippen molar-refractivity contribution in [2.45, 2.75) is 19.6 Å². The minimum atomic E-state index is -4.42. The Hall–Kier alpha value is -2.24. The van der Waals surface area contributed by atoms with E-state index in [1.54, 1.807) is 16.8 Å². The summed E-state index contributed by atoms with van der Waals surface area (Å²) in [5.41, 5.74) is 0.256. The molecule has 0 aliphatic heterocycles. The zero-order valence-corrected chi connectivity index (χ0v) is 11.6. The van der Waals surface area contributed by atoms with Gasteiger partial charge in [-0.3, -0.25) is 0 Å². The second-order valence-corrected chi connectivity index (χ2v) is 4.43. The van der Waals surface area contributed by atoms with Crippen LogP contribution < -0.4 is 0 Å². The van der Waals surface area contributed by atoms with E-state index in [-0.39, 0.29) is 5.69 Å². The monoisotopic (exact) mass is 297 g/mol. The summed E-state index contributed by atoms with van der Waals surface area (Å²) in [7, 11) is 1.24. The van der Waals surface area contributed by atoms with E-state index in [0.717, 1.165) is 12.1 Å². The van der Waals surface area contributed by atoms with Crippen LogP contribution in [-0.4, -0.2) is 17.6 Å². The van der Waals surface area contributed by atoms with Gasteiger partial charge in [-0.1, -0.05) is 12.1 Å². The van der Waals surface area contributed by atoms with Crippen molar-refractivity contribution >= 4 is 5.97 Å². The highest BCUT2D eigenvalue weighted by molar-refractivity contribution is 5.96. The fraction of sp³-hybridized carbons (Fsp3) is 0.267. The summed E-state index contributed by atoms with van der Waals surface area (Å²) in [4.78, 5) is 11.9. The van der Waals surface area contributed by atoms with Gasteiger partial charge in [-0.2, -0.15) is 13.2 Å². The number of carbonyl (C=O) groups excluding carboxylic acids is 1. The summed E-state index contributed by atoms with van der Waals surface area (Å²) >= 11 is 0. The van der Waals surface area contributed by atoms with E-state index in [2.05, 4.69) is 0 Å². The number of carbonyl (C=O) groups is 1. The molecule has 0 atom stereocenters. The van der Waals surface area contributed by atoms with Gasteiger partial charge < -0.3 is 9.30 Å². The SMILES string of the molecule is CCn1ccc(-c2cccc(C(F)(F)F)c2)c1C(=O)OC. The van der Waals surface area contributed by atoms with Crippen molar-refractivity contribution in [1.82, 2.24) is 4.57 Å². The first-order valence-electron chi connectivity index (χ1n) is 6.33. The molecule has 0 aliphatic carbocycles. The van der Waals surface area contributed by atoms with Gasteiger partial charge in [-0.25, -0.2) is 4.79 Å². The topological polar surface area (TPSA) is 31.2 Å². The number of aryl methyl sites for hydroxylation is 1. The Morgan fingerprint density at radius 1 is 1.29 bits per heavy atom. The van der Waals surface area contributed by atoms with E-state index in [0.29, 0.717) is 17.7 Å². The lowest BCUT2D eigenvalue weighted by atomic mass is 10.0. The van der Waals surface area contributed by atoms with Crippen molar-refractivity contribution in [3.63, 3.8) is 0 Å². The molecule has 2 aromatic rings. The first-order valence-corrected chi connectivity index (χ1v) is 6.33. The third-order valence-corrected chi connectivity index (χ3v) is 3.18. The summed E-state index contributed by atoms with van der Waals surface area (Å²) < 4.78 is 44.7. The normalized spacial score (nSPS) is 11.5. The molecule has 2 rings (SSSR count). The number of hydrogen-bond donors (Lipinski definition) is 0. The lowest BCUT2D eigenvalue weighted by Gasteiger charge is -2.10. The molecular weight excluding hydrogens is 283 g/mol. The molecule has 0 N–H and O–H groups in total. The van der Waals surface area contributed by atoms with Gasteiger partial charge in [-0.05, 0) is 30.7 Å². The van der Waals surface area contributed by atoms with Crippen molar-refractivity contribution in [3.8, 4) is 11.1 Å². The largest absolute Gasteiger partial charge is 0.464 e. The van der Waals surface area contributed by atoms with E-state index >= 15 is 0 Å². The van der Waals surface area contributed by atoms with E-state index < -0.39 is 17.7 Å². The number of hydrogen-bond acceptors (Lipinski definition) is 2. The average molecular weight is 297 g/mol. The zero-order valence-electron chi connectivity index (χ0n) is 11.6. The second-order valence-electron chi connectivity index (χ2n) is 4.43. The maximum atomic E-state index is 12.8. The van der Waals surface area contributed by atoms with E-state index in [4.69, 9.17) is 4.74 Å². The Labute approximate surface area is 120 Å². The van der Waals surface area contributed by atoms with Crippen LogP contribution in [0.5, 0.6) is 0 Å². The number of aromatic nitrogens is 1. The number of nitrogens with zero attached hydrogens (tertiary/aromatic N) is 1. The van der Waals surface area contributed by atoms with Crippen molar-refractivity contribution in [1.29, 1.82) is 0 Å². The van der Waals surface area contributed by atoms with E-state index in [1.165, 1.54) is 19.2 Å². The van der Waals surface area contributed by atoms with Crippen molar-refractivity contribution in [2.75, 3.05) is 7.11 Å².